The second kappa shape index (κ2) is 8.13. The molecule has 34 heavy (non-hydrogen) atoms. The highest BCUT2D eigenvalue weighted by Crippen LogP contribution is 2.43. The van der Waals surface area contributed by atoms with Crippen molar-refractivity contribution in [3.8, 4) is 11.1 Å². The van der Waals surface area contributed by atoms with E-state index >= 15 is 0 Å². The summed E-state index contributed by atoms with van der Waals surface area (Å²) in [5.41, 5.74) is 4.80. The van der Waals surface area contributed by atoms with Gasteiger partial charge in [0.2, 0.25) is 5.91 Å². The minimum atomic E-state index is -1.21. The second-order valence-electron chi connectivity index (χ2n) is 9.40. The van der Waals surface area contributed by atoms with E-state index in [1.807, 2.05) is 72.8 Å². The van der Waals surface area contributed by atoms with Crippen LogP contribution in [0.25, 0.3) is 11.1 Å². The highest BCUT2D eigenvalue weighted by Gasteiger charge is 2.49. The molecule has 0 unspecified atom stereocenters. The Morgan fingerprint density at radius 2 is 1.50 bits per heavy atom. The molecule has 1 atom stereocenters. The van der Waals surface area contributed by atoms with E-state index in [1.54, 1.807) is 6.92 Å². The second-order valence-corrected chi connectivity index (χ2v) is 9.40. The Morgan fingerprint density at radius 3 is 2.06 bits per heavy atom. The number of benzene rings is 3. The highest BCUT2D eigenvalue weighted by atomic mass is 16.2. The minimum absolute atomic E-state index is 0.323. The molecule has 0 radical (unpaired) electrons. The first-order valence-corrected chi connectivity index (χ1v) is 11.5. The summed E-state index contributed by atoms with van der Waals surface area (Å²) in [7, 11) is 0. The third-order valence-corrected chi connectivity index (χ3v) is 6.87. The summed E-state index contributed by atoms with van der Waals surface area (Å²) >= 11 is 0. The molecule has 4 amide bonds. The van der Waals surface area contributed by atoms with E-state index < -0.39 is 17.5 Å². The predicted molar refractivity (Wildman–Crippen MR) is 130 cm³/mol. The molecule has 0 spiro atoms. The molecule has 5 rings (SSSR count). The highest BCUT2D eigenvalue weighted by molar-refractivity contribution is 6.09. The smallest absolute Gasteiger partial charge is 0.325 e. The molecule has 3 aromatic rings. The zero-order chi connectivity index (χ0) is 24.0. The fourth-order valence-corrected chi connectivity index (χ4v) is 4.90. The van der Waals surface area contributed by atoms with Crippen molar-refractivity contribution in [2.24, 2.45) is 0 Å². The van der Waals surface area contributed by atoms with E-state index in [2.05, 4.69) is 24.5 Å². The maximum absolute atomic E-state index is 13.3. The van der Waals surface area contributed by atoms with Crippen molar-refractivity contribution in [2.45, 2.75) is 38.3 Å². The Morgan fingerprint density at radius 1 is 0.941 bits per heavy atom. The Balaban J connectivity index is 1.35. The van der Waals surface area contributed by atoms with Gasteiger partial charge in [0, 0.05) is 0 Å². The van der Waals surface area contributed by atoms with Gasteiger partial charge in [-0.15, -0.1) is 0 Å². The fraction of sp³-hybridized carbons (Fsp3) is 0.250. The van der Waals surface area contributed by atoms with Crippen molar-refractivity contribution in [1.82, 2.24) is 15.5 Å². The Bertz CT molecular complexity index is 1250. The number of nitrogens with one attached hydrogen (secondary N) is 2. The number of hydrogen-bond acceptors (Lipinski definition) is 3. The third kappa shape index (κ3) is 3.46. The monoisotopic (exact) mass is 453 g/mol. The van der Waals surface area contributed by atoms with Crippen LogP contribution < -0.4 is 10.6 Å². The van der Waals surface area contributed by atoms with E-state index in [1.165, 1.54) is 0 Å². The first-order chi connectivity index (χ1) is 16.3. The van der Waals surface area contributed by atoms with Crippen LogP contribution in [-0.2, 0) is 15.1 Å². The number of carbonyl (C=O) groups is 3. The standard InChI is InChI=1S/C28H27N3O3/c1-17(2)18-12-14-19(15-13-18)28(3)26(33)31(27(34)30-28)16-24(32)29-25-22-10-6-4-8-20(22)21-9-5-7-11-23(21)25/h4-15,17,25H,16H2,1-3H3,(H,29,32)(H,30,34)/t28-/m1/s1. The summed E-state index contributed by atoms with van der Waals surface area (Å²) in [6.07, 6.45) is 0. The molecular formula is C28H27N3O3. The summed E-state index contributed by atoms with van der Waals surface area (Å²) in [4.78, 5) is 40.1. The van der Waals surface area contributed by atoms with Crippen LogP contribution in [0.4, 0.5) is 4.79 Å². The molecule has 3 aromatic carbocycles. The maximum Gasteiger partial charge on any atom is 0.325 e. The number of hydrogen-bond donors (Lipinski definition) is 2. The molecule has 1 aliphatic heterocycles. The number of urea groups is 1. The van der Waals surface area contributed by atoms with Crippen molar-refractivity contribution in [2.75, 3.05) is 6.54 Å². The topological polar surface area (TPSA) is 78.5 Å². The van der Waals surface area contributed by atoms with E-state index in [-0.39, 0.29) is 18.5 Å². The molecule has 6 nitrogen and oxygen atoms in total. The van der Waals surface area contributed by atoms with Gasteiger partial charge in [-0.1, -0.05) is 86.6 Å². The van der Waals surface area contributed by atoms with Crippen LogP contribution in [0.2, 0.25) is 0 Å². The predicted octanol–water partition coefficient (Wildman–Crippen LogP) is 4.46. The Kier molecular flexibility index (Phi) is 5.24. The molecular weight excluding hydrogens is 426 g/mol. The fourth-order valence-electron chi connectivity index (χ4n) is 4.90. The summed E-state index contributed by atoms with van der Waals surface area (Å²) in [5, 5.41) is 5.82. The molecule has 172 valence electrons. The van der Waals surface area contributed by atoms with Crippen LogP contribution in [0.5, 0.6) is 0 Å². The normalized spacial score (nSPS) is 19.2. The third-order valence-electron chi connectivity index (χ3n) is 6.87. The van der Waals surface area contributed by atoms with Crippen molar-refractivity contribution in [3.05, 3.63) is 95.1 Å². The molecule has 2 aliphatic rings. The Labute approximate surface area is 199 Å². The molecule has 1 aliphatic carbocycles. The number of imide groups is 1. The van der Waals surface area contributed by atoms with Crippen LogP contribution in [0, 0.1) is 0 Å². The number of amides is 4. The molecule has 2 N–H and O–H groups in total. The van der Waals surface area contributed by atoms with Gasteiger partial charge >= 0.3 is 6.03 Å². The molecule has 6 heteroatoms. The van der Waals surface area contributed by atoms with Gasteiger partial charge in [-0.3, -0.25) is 14.5 Å². The quantitative estimate of drug-likeness (QED) is 0.560. The van der Waals surface area contributed by atoms with E-state index in [0.29, 0.717) is 11.5 Å². The van der Waals surface area contributed by atoms with Gasteiger partial charge in [0.15, 0.2) is 0 Å². The van der Waals surface area contributed by atoms with Crippen LogP contribution in [0.1, 0.15) is 55.0 Å². The van der Waals surface area contributed by atoms with Crippen molar-refractivity contribution >= 4 is 17.8 Å². The van der Waals surface area contributed by atoms with E-state index in [0.717, 1.165) is 32.7 Å². The SMILES string of the molecule is CC(C)c1ccc([C@@]2(C)NC(=O)N(CC(=O)NC3c4ccccc4-c4ccccc43)C2=O)cc1. The average Bonchev–Trinajstić information content (AvgIpc) is 3.26. The van der Waals surface area contributed by atoms with Crippen molar-refractivity contribution in [3.63, 3.8) is 0 Å². The van der Waals surface area contributed by atoms with Crippen molar-refractivity contribution < 1.29 is 14.4 Å². The van der Waals surface area contributed by atoms with E-state index in [4.69, 9.17) is 0 Å². The molecule has 0 saturated carbocycles. The van der Waals surface area contributed by atoms with Gasteiger partial charge in [0.25, 0.3) is 5.91 Å². The average molecular weight is 454 g/mol. The lowest BCUT2D eigenvalue weighted by Crippen LogP contribution is -2.43. The molecule has 1 heterocycles. The minimum Gasteiger partial charge on any atom is -0.344 e. The zero-order valence-corrected chi connectivity index (χ0v) is 19.5. The summed E-state index contributed by atoms with van der Waals surface area (Å²) in [6, 6.07) is 22.7. The number of carbonyl (C=O) groups excluding carboxylic acids is 3. The summed E-state index contributed by atoms with van der Waals surface area (Å²) < 4.78 is 0. The number of fused-ring (bicyclic) bond motifs is 3. The maximum atomic E-state index is 13.3. The van der Waals surface area contributed by atoms with Gasteiger partial charge in [0.05, 0.1) is 6.04 Å². The van der Waals surface area contributed by atoms with Crippen LogP contribution in [0.15, 0.2) is 72.8 Å². The zero-order valence-electron chi connectivity index (χ0n) is 19.5. The lowest BCUT2D eigenvalue weighted by molar-refractivity contribution is -0.135. The molecule has 0 bridgehead atoms. The lowest BCUT2D eigenvalue weighted by atomic mass is 9.90. The van der Waals surface area contributed by atoms with E-state index in [9.17, 15) is 14.4 Å². The van der Waals surface area contributed by atoms with Gasteiger partial charge in [-0.05, 0) is 46.2 Å². The van der Waals surface area contributed by atoms with Gasteiger partial charge in [-0.2, -0.15) is 0 Å². The number of rotatable bonds is 5. The van der Waals surface area contributed by atoms with Gasteiger partial charge in [-0.25, -0.2) is 4.79 Å². The molecule has 1 saturated heterocycles. The van der Waals surface area contributed by atoms with Crippen LogP contribution in [0.3, 0.4) is 0 Å². The lowest BCUT2D eigenvalue weighted by Gasteiger charge is -2.23. The first kappa shape index (κ1) is 21.9. The van der Waals surface area contributed by atoms with Gasteiger partial charge in [0.1, 0.15) is 12.1 Å². The first-order valence-electron chi connectivity index (χ1n) is 11.5. The van der Waals surface area contributed by atoms with Crippen LogP contribution >= 0.6 is 0 Å². The molecule has 1 fully saturated rings. The van der Waals surface area contributed by atoms with Gasteiger partial charge < -0.3 is 10.6 Å². The van der Waals surface area contributed by atoms with Crippen LogP contribution in [-0.4, -0.2) is 29.3 Å². The molecule has 0 aromatic heterocycles. The summed E-state index contributed by atoms with van der Waals surface area (Å²) in [5.74, 6) is -0.460. The van der Waals surface area contributed by atoms with Crippen molar-refractivity contribution in [1.29, 1.82) is 0 Å². The Hall–Kier alpha value is -3.93. The summed E-state index contributed by atoms with van der Waals surface area (Å²) in [6.45, 7) is 5.53. The largest absolute Gasteiger partial charge is 0.344 e. The number of nitrogens with zero attached hydrogens (tertiary/aromatic N) is 1.